The molecule has 0 saturated carbocycles. The highest BCUT2D eigenvalue weighted by molar-refractivity contribution is 5.54. The summed E-state index contributed by atoms with van der Waals surface area (Å²) in [5.74, 6) is 1.84. The number of nitrogens with zero attached hydrogens (tertiary/aromatic N) is 5. The number of nitrogen functional groups attached to an aromatic ring is 1. The van der Waals surface area contributed by atoms with Gasteiger partial charge in [-0.3, -0.25) is 0 Å². The molecule has 0 radical (unpaired) electrons. The summed E-state index contributed by atoms with van der Waals surface area (Å²) in [5.41, 5.74) is 6.48. The van der Waals surface area contributed by atoms with Crippen molar-refractivity contribution in [1.82, 2.24) is 24.7 Å². The summed E-state index contributed by atoms with van der Waals surface area (Å²) in [5, 5.41) is 4.10. The molecule has 0 atom stereocenters. The first kappa shape index (κ1) is 10.5. The van der Waals surface area contributed by atoms with E-state index in [-0.39, 0.29) is 0 Å². The Bertz CT molecular complexity index is 673. The monoisotopic (exact) mass is 242 g/mol. The zero-order valence-electron chi connectivity index (χ0n) is 9.61. The van der Waals surface area contributed by atoms with Crippen LogP contribution in [0.2, 0.25) is 0 Å². The lowest BCUT2D eigenvalue weighted by atomic mass is 10.3. The summed E-state index contributed by atoms with van der Waals surface area (Å²) < 4.78 is 6.86. The normalized spacial score (nSPS) is 10.7. The van der Waals surface area contributed by atoms with Crippen LogP contribution in [0.5, 0.6) is 0 Å². The largest absolute Gasteiger partial charge is 0.440 e. The minimum Gasteiger partial charge on any atom is -0.440 e. The Kier molecular flexibility index (Phi) is 2.30. The quantitative estimate of drug-likeness (QED) is 0.725. The van der Waals surface area contributed by atoms with Crippen LogP contribution in [0, 0.1) is 6.92 Å². The molecule has 0 unspecified atom stereocenters. The van der Waals surface area contributed by atoms with E-state index in [1.54, 1.807) is 29.2 Å². The Labute approximate surface area is 102 Å². The lowest BCUT2D eigenvalue weighted by Crippen LogP contribution is -2.04. The van der Waals surface area contributed by atoms with Gasteiger partial charge in [0.15, 0.2) is 18.0 Å². The van der Waals surface area contributed by atoms with Crippen molar-refractivity contribution in [3.8, 4) is 17.4 Å². The van der Waals surface area contributed by atoms with Crippen molar-refractivity contribution in [3.63, 3.8) is 0 Å². The van der Waals surface area contributed by atoms with Crippen LogP contribution in [0.3, 0.4) is 0 Å². The van der Waals surface area contributed by atoms with Crippen LogP contribution in [0.15, 0.2) is 35.3 Å². The second-order valence-electron chi connectivity index (χ2n) is 3.69. The van der Waals surface area contributed by atoms with E-state index in [9.17, 15) is 0 Å². The third-order valence-electron chi connectivity index (χ3n) is 2.42. The van der Waals surface area contributed by atoms with Gasteiger partial charge < -0.3 is 10.2 Å². The van der Waals surface area contributed by atoms with Gasteiger partial charge in [-0.05, 0) is 13.0 Å². The molecule has 7 nitrogen and oxygen atoms in total. The lowest BCUT2D eigenvalue weighted by molar-refractivity contribution is 0.566. The number of nitrogens with two attached hydrogens (primary N) is 1. The predicted molar refractivity (Wildman–Crippen MR) is 63.8 cm³/mol. The van der Waals surface area contributed by atoms with E-state index in [1.807, 2.05) is 6.92 Å². The molecule has 0 aromatic carbocycles. The smallest absolute Gasteiger partial charge is 0.201 e. The summed E-state index contributed by atoms with van der Waals surface area (Å²) in [7, 11) is 0. The standard InChI is InChI=1S/C11H10N6O/c1-7-10(18-6-13-7)11-15-8(12)5-9(16-11)17-4-2-3-14-17/h2-6H,1H3,(H2,12,15,16). The van der Waals surface area contributed by atoms with E-state index in [0.717, 1.165) is 0 Å². The van der Waals surface area contributed by atoms with Gasteiger partial charge in [0.25, 0.3) is 0 Å². The van der Waals surface area contributed by atoms with Crippen LogP contribution in [0.4, 0.5) is 5.82 Å². The molecule has 3 heterocycles. The number of aromatic nitrogens is 5. The topological polar surface area (TPSA) is 95.7 Å². The minimum absolute atomic E-state index is 0.348. The molecule has 0 saturated heterocycles. The highest BCUT2D eigenvalue weighted by atomic mass is 16.3. The first-order valence-electron chi connectivity index (χ1n) is 5.29. The van der Waals surface area contributed by atoms with Gasteiger partial charge in [-0.15, -0.1) is 0 Å². The van der Waals surface area contributed by atoms with Crippen molar-refractivity contribution in [1.29, 1.82) is 0 Å². The second kappa shape index (κ2) is 3.95. The van der Waals surface area contributed by atoms with Crippen molar-refractivity contribution in [3.05, 3.63) is 36.6 Å². The van der Waals surface area contributed by atoms with Crippen LogP contribution in [0.25, 0.3) is 17.4 Å². The van der Waals surface area contributed by atoms with Crippen LogP contribution < -0.4 is 5.73 Å². The molecule has 0 amide bonds. The van der Waals surface area contributed by atoms with Gasteiger partial charge in [0.2, 0.25) is 5.82 Å². The fourth-order valence-electron chi connectivity index (χ4n) is 1.59. The van der Waals surface area contributed by atoms with Gasteiger partial charge in [0.05, 0.1) is 5.69 Å². The lowest BCUT2D eigenvalue weighted by Gasteiger charge is -2.04. The molecule has 3 aromatic heterocycles. The zero-order valence-corrected chi connectivity index (χ0v) is 9.61. The molecule has 0 spiro atoms. The number of aryl methyl sites for hydroxylation is 1. The Hall–Kier alpha value is -2.70. The maximum Gasteiger partial charge on any atom is 0.201 e. The van der Waals surface area contributed by atoms with Gasteiger partial charge in [-0.2, -0.15) is 5.10 Å². The first-order valence-corrected chi connectivity index (χ1v) is 5.29. The van der Waals surface area contributed by atoms with Crippen molar-refractivity contribution < 1.29 is 4.42 Å². The Balaban J connectivity index is 2.15. The van der Waals surface area contributed by atoms with E-state index in [0.29, 0.717) is 28.9 Å². The summed E-state index contributed by atoms with van der Waals surface area (Å²) in [6, 6.07) is 3.44. The number of hydrogen-bond donors (Lipinski definition) is 1. The first-order chi connectivity index (χ1) is 8.74. The average Bonchev–Trinajstić information content (AvgIpc) is 2.98. The number of anilines is 1. The number of rotatable bonds is 2. The second-order valence-corrected chi connectivity index (χ2v) is 3.69. The minimum atomic E-state index is 0.348. The molecule has 3 aromatic rings. The van der Waals surface area contributed by atoms with E-state index >= 15 is 0 Å². The van der Waals surface area contributed by atoms with Crippen LogP contribution in [0.1, 0.15) is 5.69 Å². The van der Waals surface area contributed by atoms with Crippen molar-refractivity contribution in [2.45, 2.75) is 6.92 Å². The van der Waals surface area contributed by atoms with Gasteiger partial charge in [0, 0.05) is 18.5 Å². The van der Waals surface area contributed by atoms with E-state index in [2.05, 4.69) is 20.1 Å². The highest BCUT2D eigenvalue weighted by Crippen LogP contribution is 2.20. The molecule has 0 aliphatic heterocycles. The third kappa shape index (κ3) is 1.71. The summed E-state index contributed by atoms with van der Waals surface area (Å²) in [6.07, 6.45) is 4.79. The average molecular weight is 242 g/mol. The molecule has 3 rings (SSSR count). The van der Waals surface area contributed by atoms with E-state index in [1.165, 1.54) is 6.39 Å². The highest BCUT2D eigenvalue weighted by Gasteiger charge is 2.13. The van der Waals surface area contributed by atoms with Crippen molar-refractivity contribution in [2.75, 3.05) is 5.73 Å². The number of oxazole rings is 1. The molecule has 2 N–H and O–H groups in total. The fourth-order valence-corrected chi connectivity index (χ4v) is 1.59. The Morgan fingerprint density at radius 3 is 2.89 bits per heavy atom. The van der Waals surface area contributed by atoms with Crippen LogP contribution in [-0.4, -0.2) is 24.7 Å². The molecule has 90 valence electrons. The van der Waals surface area contributed by atoms with Crippen molar-refractivity contribution in [2.24, 2.45) is 0 Å². The van der Waals surface area contributed by atoms with Gasteiger partial charge in [0.1, 0.15) is 5.82 Å². The SMILES string of the molecule is Cc1ncoc1-c1nc(N)cc(-n2cccn2)n1. The maximum absolute atomic E-state index is 5.77. The molecule has 0 aliphatic rings. The Morgan fingerprint density at radius 1 is 1.33 bits per heavy atom. The molecule has 0 bridgehead atoms. The molecule has 0 aliphatic carbocycles. The predicted octanol–water partition coefficient (Wildman–Crippen LogP) is 1.21. The molecule has 18 heavy (non-hydrogen) atoms. The zero-order chi connectivity index (χ0) is 12.5. The maximum atomic E-state index is 5.77. The molecular weight excluding hydrogens is 232 g/mol. The third-order valence-corrected chi connectivity index (χ3v) is 2.42. The van der Waals surface area contributed by atoms with Crippen LogP contribution in [-0.2, 0) is 0 Å². The van der Waals surface area contributed by atoms with E-state index < -0.39 is 0 Å². The molecule has 7 heteroatoms. The van der Waals surface area contributed by atoms with E-state index in [4.69, 9.17) is 10.2 Å². The van der Waals surface area contributed by atoms with Crippen molar-refractivity contribution >= 4 is 5.82 Å². The molecule has 0 fully saturated rings. The summed E-state index contributed by atoms with van der Waals surface area (Å²) in [4.78, 5) is 12.5. The van der Waals surface area contributed by atoms with Gasteiger partial charge in [-0.1, -0.05) is 0 Å². The number of hydrogen-bond acceptors (Lipinski definition) is 6. The van der Waals surface area contributed by atoms with Gasteiger partial charge in [-0.25, -0.2) is 19.6 Å². The summed E-state index contributed by atoms with van der Waals surface area (Å²) >= 11 is 0. The van der Waals surface area contributed by atoms with Gasteiger partial charge >= 0.3 is 0 Å². The van der Waals surface area contributed by atoms with Crippen LogP contribution >= 0.6 is 0 Å². The fraction of sp³-hybridized carbons (Fsp3) is 0.0909. The molecular formula is C11H10N6O. The Morgan fingerprint density at radius 2 is 2.22 bits per heavy atom. The summed E-state index contributed by atoms with van der Waals surface area (Å²) in [6.45, 7) is 1.82.